The van der Waals surface area contributed by atoms with Crippen molar-refractivity contribution in [3.8, 4) is 6.07 Å². The zero-order valence-electron chi connectivity index (χ0n) is 33.0. The lowest BCUT2D eigenvalue weighted by molar-refractivity contribution is -0.166. The summed E-state index contributed by atoms with van der Waals surface area (Å²) in [6, 6.07) is 8.92. The van der Waals surface area contributed by atoms with E-state index in [2.05, 4.69) is 70.0 Å². The van der Waals surface area contributed by atoms with Crippen molar-refractivity contribution < 1.29 is 19.0 Å². The molecule has 54 heavy (non-hydrogen) atoms. The number of allylic oxidation sites excluding steroid dienone is 3. The lowest BCUT2D eigenvalue weighted by atomic mass is 9.82. The molecule has 1 aliphatic carbocycles. The highest BCUT2D eigenvalue weighted by Crippen LogP contribution is 2.31. The van der Waals surface area contributed by atoms with Crippen molar-refractivity contribution in [2.45, 2.75) is 124 Å². The quantitative estimate of drug-likeness (QED) is 0.0851. The van der Waals surface area contributed by atoms with Crippen LogP contribution in [0.15, 0.2) is 40.1 Å². The van der Waals surface area contributed by atoms with Crippen molar-refractivity contribution in [3.63, 3.8) is 0 Å². The normalized spacial score (nSPS) is 20.7. The Morgan fingerprint density at radius 3 is 2.54 bits per heavy atom. The van der Waals surface area contributed by atoms with Gasteiger partial charge >= 0.3 is 5.97 Å². The molecule has 2 atom stereocenters. The Balaban J connectivity index is 1.26. The molecule has 0 amide bonds. The van der Waals surface area contributed by atoms with E-state index in [1.807, 2.05) is 52.0 Å². The standard InChI is InChI=1S/C39H59ClN10O4/c1-26(2)20-36(54-37(51)38(5,6)7)50-35(47-48-49-50)23-53-22-27(3)44-29-12-14-30(15-13-29)45-34(42-8)21-31(28(4)40)32-10-9-11-33(46-32)43-25-39(24-41)16-18-52-19-17-39/h9-11,21,26-27,29-30,36,44-45H,8,12-20,22-23,25H2,1-7H3,(H,43,46)/b31-28-,34-21+/t27-,29?,30?,36?/m0/s1. The fourth-order valence-corrected chi connectivity index (χ4v) is 6.63. The molecule has 2 aromatic heterocycles. The SMILES string of the molecule is C=N/C(=C\C(=C(/C)Cl)c1cccc(NCC2(C#N)CCOCC2)n1)NC1CCC(N[C@@H](C)COCc2nnnn2C(CC(C)C)OC(=O)C(C)(C)C)CC1. The zero-order chi connectivity index (χ0) is 39.3. The maximum absolute atomic E-state index is 12.7. The van der Waals surface area contributed by atoms with Crippen molar-refractivity contribution in [2.24, 2.45) is 21.7 Å². The van der Waals surface area contributed by atoms with Crippen LogP contribution in [-0.2, 0) is 25.6 Å². The molecule has 296 valence electrons. The van der Waals surface area contributed by atoms with Gasteiger partial charge in [-0.1, -0.05) is 31.5 Å². The minimum absolute atomic E-state index is 0.110. The highest BCUT2D eigenvalue weighted by molar-refractivity contribution is 6.32. The summed E-state index contributed by atoms with van der Waals surface area (Å²) in [6.45, 7) is 19.7. The van der Waals surface area contributed by atoms with Crippen LogP contribution in [0.1, 0.15) is 111 Å². The Labute approximate surface area is 325 Å². The van der Waals surface area contributed by atoms with Gasteiger partial charge in [-0.25, -0.2) is 9.98 Å². The maximum atomic E-state index is 12.7. The third-order valence-corrected chi connectivity index (χ3v) is 9.91. The number of carbonyl (C=O) groups excluding carboxylic acids is 1. The number of carbonyl (C=O) groups is 1. The van der Waals surface area contributed by atoms with E-state index in [1.165, 1.54) is 0 Å². The number of nitrogens with one attached hydrogen (secondary N) is 3. The summed E-state index contributed by atoms with van der Waals surface area (Å²) in [5, 5.41) is 33.2. The smallest absolute Gasteiger partial charge is 0.313 e. The van der Waals surface area contributed by atoms with Crippen LogP contribution in [-0.4, -0.2) is 82.4 Å². The van der Waals surface area contributed by atoms with Gasteiger partial charge in [0.2, 0.25) is 0 Å². The molecule has 4 rings (SSSR count). The molecule has 15 heteroatoms. The minimum atomic E-state index is -0.638. The second-order valence-electron chi connectivity index (χ2n) is 16.0. The third kappa shape index (κ3) is 12.9. The van der Waals surface area contributed by atoms with Gasteiger partial charge in [0.1, 0.15) is 18.2 Å². The maximum Gasteiger partial charge on any atom is 0.313 e. The summed E-state index contributed by atoms with van der Waals surface area (Å²) in [4.78, 5) is 21.8. The van der Waals surface area contributed by atoms with Gasteiger partial charge in [0.25, 0.3) is 0 Å². The molecule has 3 heterocycles. The van der Waals surface area contributed by atoms with Gasteiger partial charge in [0.05, 0.1) is 29.2 Å². The van der Waals surface area contributed by atoms with Crippen molar-refractivity contribution in [2.75, 3.05) is 31.7 Å². The highest BCUT2D eigenvalue weighted by Gasteiger charge is 2.33. The van der Waals surface area contributed by atoms with Crippen LogP contribution >= 0.6 is 11.6 Å². The van der Waals surface area contributed by atoms with E-state index in [0.717, 1.165) is 31.3 Å². The van der Waals surface area contributed by atoms with Crippen molar-refractivity contribution in [1.82, 2.24) is 35.8 Å². The molecule has 0 aromatic carbocycles. The van der Waals surface area contributed by atoms with Gasteiger partial charge in [-0.3, -0.25) is 4.79 Å². The molecule has 2 aliphatic rings. The molecule has 0 bridgehead atoms. The molecule has 1 unspecified atom stereocenters. The number of aromatic nitrogens is 5. The number of halogens is 1. The van der Waals surface area contributed by atoms with E-state index in [9.17, 15) is 10.1 Å². The minimum Gasteiger partial charge on any atom is -0.439 e. The number of anilines is 1. The topological polar surface area (TPSA) is 173 Å². The number of hydrogen-bond donors (Lipinski definition) is 3. The first-order chi connectivity index (χ1) is 25.7. The van der Waals surface area contributed by atoms with Crippen molar-refractivity contribution in [3.05, 3.63) is 46.6 Å². The second-order valence-corrected chi connectivity index (χ2v) is 16.5. The number of rotatable bonds is 18. The summed E-state index contributed by atoms with van der Waals surface area (Å²) in [5.74, 6) is 1.80. The van der Waals surface area contributed by atoms with E-state index in [-0.39, 0.29) is 30.6 Å². The number of tetrazole rings is 1. The van der Waals surface area contributed by atoms with E-state index < -0.39 is 17.1 Å². The van der Waals surface area contributed by atoms with Gasteiger partial charge in [0.15, 0.2) is 12.1 Å². The van der Waals surface area contributed by atoms with Gasteiger partial charge in [-0.2, -0.15) is 9.94 Å². The Morgan fingerprint density at radius 1 is 1.20 bits per heavy atom. The summed E-state index contributed by atoms with van der Waals surface area (Å²) in [7, 11) is 0. The number of aliphatic imine (C=N–C) groups is 1. The fraction of sp³-hybridized carbons (Fsp3) is 0.667. The van der Waals surface area contributed by atoms with Crippen molar-refractivity contribution >= 4 is 35.7 Å². The summed E-state index contributed by atoms with van der Waals surface area (Å²) < 4.78 is 18.9. The van der Waals surface area contributed by atoms with Crippen LogP contribution in [0.2, 0.25) is 0 Å². The number of esters is 1. The van der Waals surface area contributed by atoms with Gasteiger partial charge < -0.3 is 30.2 Å². The van der Waals surface area contributed by atoms with Gasteiger partial charge in [0, 0.05) is 54.9 Å². The third-order valence-electron chi connectivity index (χ3n) is 9.70. The lowest BCUT2D eigenvalue weighted by Gasteiger charge is -2.32. The molecule has 0 spiro atoms. The molecule has 0 radical (unpaired) electrons. The number of ether oxygens (including phenoxy) is 3. The second kappa shape index (κ2) is 20.1. The first-order valence-electron chi connectivity index (χ1n) is 19.0. The van der Waals surface area contributed by atoms with Crippen LogP contribution in [0.25, 0.3) is 5.57 Å². The van der Waals surface area contributed by atoms with Gasteiger partial charge in [-0.15, -0.1) is 5.10 Å². The summed E-state index contributed by atoms with van der Waals surface area (Å²) >= 11 is 6.60. The lowest BCUT2D eigenvalue weighted by Crippen LogP contribution is -2.44. The molecule has 3 N–H and O–H groups in total. The van der Waals surface area contributed by atoms with E-state index in [4.69, 9.17) is 30.8 Å². The van der Waals surface area contributed by atoms with E-state index in [1.54, 1.807) is 4.68 Å². The van der Waals surface area contributed by atoms with Crippen molar-refractivity contribution in [1.29, 1.82) is 5.26 Å². The molecule has 2 fully saturated rings. The molecule has 1 aliphatic heterocycles. The monoisotopic (exact) mass is 766 g/mol. The molecule has 2 aromatic rings. The molecule has 1 saturated carbocycles. The first-order valence-corrected chi connectivity index (χ1v) is 19.4. The fourth-order valence-electron chi connectivity index (χ4n) is 6.48. The van der Waals surface area contributed by atoms with Crippen LogP contribution < -0.4 is 16.0 Å². The predicted octanol–water partition coefficient (Wildman–Crippen LogP) is 6.54. The zero-order valence-corrected chi connectivity index (χ0v) is 33.8. The predicted molar refractivity (Wildman–Crippen MR) is 210 cm³/mol. The Kier molecular flexibility index (Phi) is 16.0. The number of hydrogen-bond acceptors (Lipinski definition) is 13. The summed E-state index contributed by atoms with van der Waals surface area (Å²) in [6.07, 6.45) is 7.17. The van der Waals surface area contributed by atoms with Gasteiger partial charge in [-0.05, 0) is 114 Å². The van der Waals surface area contributed by atoms with Crippen LogP contribution in [0, 0.1) is 28.1 Å². The van der Waals surface area contributed by atoms with Crippen LogP contribution in [0.4, 0.5) is 5.82 Å². The van der Waals surface area contributed by atoms with Crippen LogP contribution in [0.3, 0.4) is 0 Å². The molecule has 14 nitrogen and oxygen atoms in total. The number of nitriles is 1. The van der Waals surface area contributed by atoms with Crippen LogP contribution in [0.5, 0.6) is 0 Å². The highest BCUT2D eigenvalue weighted by atomic mass is 35.5. The molecule has 1 saturated heterocycles. The molecular weight excluding hydrogens is 708 g/mol. The average molecular weight is 767 g/mol. The van der Waals surface area contributed by atoms with E-state index >= 15 is 0 Å². The van der Waals surface area contributed by atoms with E-state index in [0.29, 0.717) is 79.9 Å². The molecular formula is C39H59ClN10O4. The number of pyridine rings is 1. The first kappa shape index (κ1) is 42.8. The summed E-state index contributed by atoms with van der Waals surface area (Å²) in [5.41, 5.74) is 0.344. The Bertz CT molecular complexity index is 1630. The Hall–Kier alpha value is -3.90. The average Bonchev–Trinajstić information content (AvgIpc) is 3.61. The Morgan fingerprint density at radius 2 is 1.91 bits per heavy atom. The number of nitrogens with zero attached hydrogens (tertiary/aromatic N) is 7. The largest absolute Gasteiger partial charge is 0.439 e.